The highest BCUT2D eigenvalue weighted by Gasteiger charge is 2.19. The standard InChI is InChI=1S/C11H14BrN3/c1-6-4-7(12)9-8(5-6)14-10(15-9)11(2,3)13/h4-5H,13H2,1-3H3,(H,14,15). The third-order valence-corrected chi connectivity index (χ3v) is 2.90. The van der Waals surface area contributed by atoms with Crippen molar-refractivity contribution in [3.63, 3.8) is 0 Å². The second-order valence-corrected chi connectivity index (χ2v) is 5.30. The fourth-order valence-corrected chi connectivity index (χ4v) is 2.18. The monoisotopic (exact) mass is 267 g/mol. The van der Waals surface area contributed by atoms with E-state index in [2.05, 4.69) is 45.0 Å². The van der Waals surface area contributed by atoms with Crippen LogP contribution in [0.2, 0.25) is 0 Å². The number of imidazole rings is 1. The van der Waals surface area contributed by atoms with Crippen LogP contribution < -0.4 is 5.73 Å². The van der Waals surface area contributed by atoms with Gasteiger partial charge in [-0.05, 0) is 54.4 Å². The molecule has 0 amide bonds. The lowest BCUT2D eigenvalue weighted by Gasteiger charge is -2.14. The second kappa shape index (κ2) is 3.32. The van der Waals surface area contributed by atoms with Crippen molar-refractivity contribution in [2.24, 2.45) is 5.73 Å². The fourth-order valence-electron chi connectivity index (χ4n) is 1.52. The normalized spacial score (nSPS) is 12.3. The number of aryl methyl sites for hydroxylation is 1. The minimum atomic E-state index is -0.438. The minimum Gasteiger partial charge on any atom is -0.340 e. The fraction of sp³-hybridized carbons (Fsp3) is 0.364. The van der Waals surface area contributed by atoms with Crippen molar-refractivity contribution in [3.05, 3.63) is 28.0 Å². The number of nitrogens with zero attached hydrogens (tertiary/aromatic N) is 1. The summed E-state index contributed by atoms with van der Waals surface area (Å²) < 4.78 is 1.00. The van der Waals surface area contributed by atoms with Crippen LogP contribution in [-0.4, -0.2) is 9.97 Å². The zero-order valence-corrected chi connectivity index (χ0v) is 10.6. The largest absolute Gasteiger partial charge is 0.340 e. The van der Waals surface area contributed by atoms with Gasteiger partial charge in [0.25, 0.3) is 0 Å². The van der Waals surface area contributed by atoms with Gasteiger partial charge in [0.15, 0.2) is 0 Å². The van der Waals surface area contributed by atoms with Gasteiger partial charge in [-0.3, -0.25) is 0 Å². The lowest BCUT2D eigenvalue weighted by Crippen LogP contribution is -2.30. The van der Waals surface area contributed by atoms with Gasteiger partial charge in [-0.15, -0.1) is 0 Å². The number of H-pyrrole nitrogens is 1. The number of halogens is 1. The number of fused-ring (bicyclic) bond motifs is 1. The lowest BCUT2D eigenvalue weighted by molar-refractivity contribution is 0.522. The SMILES string of the molecule is Cc1cc(Br)c2nc(C(C)(C)N)[nH]c2c1. The molecular formula is C11H14BrN3. The van der Waals surface area contributed by atoms with Crippen molar-refractivity contribution < 1.29 is 0 Å². The maximum atomic E-state index is 6.00. The molecule has 1 heterocycles. The van der Waals surface area contributed by atoms with Gasteiger partial charge in [0.05, 0.1) is 11.1 Å². The first-order valence-electron chi connectivity index (χ1n) is 4.83. The molecule has 3 N–H and O–H groups in total. The Labute approximate surface area is 97.2 Å². The van der Waals surface area contributed by atoms with Crippen LogP contribution >= 0.6 is 15.9 Å². The number of hydrogen-bond donors (Lipinski definition) is 2. The van der Waals surface area contributed by atoms with Crippen LogP contribution in [0, 0.1) is 6.92 Å². The van der Waals surface area contributed by atoms with Gasteiger partial charge in [-0.1, -0.05) is 0 Å². The smallest absolute Gasteiger partial charge is 0.126 e. The van der Waals surface area contributed by atoms with Gasteiger partial charge >= 0.3 is 0 Å². The Bertz CT molecular complexity index is 508. The van der Waals surface area contributed by atoms with E-state index in [1.807, 2.05) is 13.8 Å². The molecule has 4 heteroatoms. The van der Waals surface area contributed by atoms with E-state index >= 15 is 0 Å². The highest BCUT2D eigenvalue weighted by atomic mass is 79.9. The van der Waals surface area contributed by atoms with E-state index in [0.29, 0.717) is 0 Å². The summed E-state index contributed by atoms with van der Waals surface area (Å²) in [5, 5.41) is 0. The minimum absolute atomic E-state index is 0.438. The zero-order chi connectivity index (χ0) is 11.2. The second-order valence-electron chi connectivity index (χ2n) is 4.45. The summed E-state index contributed by atoms with van der Waals surface area (Å²) in [6, 6.07) is 4.12. The van der Waals surface area contributed by atoms with E-state index < -0.39 is 5.54 Å². The highest BCUT2D eigenvalue weighted by molar-refractivity contribution is 9.10. The van der Waals surface area contributed by atoms with Gasteiger partial charge in [-0.25, -0.2) is 4.98 Å². The van der Waals surface area contributed by atoms with E-state index in [4.69, 9.17) is 5.73 Å². The van der Waals surface area contributed by atoms with Crippen LogP contribution in [0.5, 0.6) is 0 Å². The van der Waals surface area contributed by atoms with Crippen LogP contribution in [0.4, 0.5) is 0 Å². The predicted octanol–water partition coefficient (Wildman–Crippen LogP) is 2.83. The van der Waals surface area contributed by atoms with Gasteiger partial charge < -0.3 is 10.7 Å². The summed E-state index contributed by atoms with van der Waals surface area (Å²) in [6.45, 7) is 5.93. The van der Waals surface area contributed by atoms with Crippen LogP contribution in [0.3, 0.4) is 0 Å². The average Bonchev–Trinajstić information content (AvgIpc) is 2.46. The summed E-state index contributed by atoms with van der Waals surface area (Å²) >= 11 is 3.50. The highest BCUT2D eigenvalue weighted by Crippen LogP contribution is 2.26. The molecule has 0 atom stereocenters. The molecule has 0 radical (unpaired) electrons. The van der Waals surface area contributed by atoms with E-state index in [-0.39, 0.29) is 0 Å². The van der Waals surface area contributed by atoms with Crippen molar-refractivity contribution in [2.45, 2.75) is 26.3 Å². The summed E-state index contributed by atoms with van der Waals surface area (Å²) in [5.41, 5.74) is 8.72. The van der Waals surface area contributed by atoms with Crippen molar-refractivity contribution in [1.29, 1.82) is 0 Å². The molecule has 1 aromatic heterocycles. The lowest BCUT2D eigenvalue weighted by atomic mass is 10.1. The molecule has 0 fully saturated rings. The third-order valence-electron chi connectivity index (χ3n) is 2.29. The zero-order valence-electron chi connectivity index (χ0n) is 9.06. The maximum Gasteiger partial charge on any atom is 0.126 e. The Kier molecular flexibility index (Phi) is 2.35. The van der Waals surface area contributed by atoms with Crippen molar-refractivity contribution in [1.82, 2.24) is 9.97 Å². The molecule has 0 aliphatic heterocycles. The Morgan fingerprint density at radius 3 is 2.67 bits per heavy atom. The molecule has 2 rings (SSSR count). The Balaban J connectivity index is 2.71. The molecule has 15 heavy (non-hydrogen) atoms. The molecule has 0 unspecified atom stereocenters. The predicted molar refractivity (Wildman–Crippen MR) is 65.7 cm³/mol. The molecule has 1 aromatic carbocycles. The molecule has 80 valence electrons. The first-order valence-corrected chi connectivity index (χ1v) is 5.62. The van der Waals surface area contributed by atoms with Crippen molar-refractivity contribution in [3.8, 4) is 0 Å². The molecule has 0 saturated carbocycles. The topological polar surface area (TPSA) is 54.7 Å². The number of hydrogen-bond acceptors (Lipinski definition) is 2. The van der Waals surface area contributed by atoms with E-state index in [0.717, 1.165) is 21.3 Å². The number of nitrogens with two attached hydrogens (primary N) is 1. The van der Waals surface area contributed by atoms with E-state index in [1.165, 1.54) is 5.56 Å². The van der Waals surface area contributed by atoms with Crippen LogP contribution in [0.15, 0.2) is 16.6 Å². The number of aromatic nitrogens is 2. The summed E-state index contributed by atoms with van der Waals surface area (Å²) in [4.78, 5) is 7.75. The number of rotatable bonds is 1. The summed E-state index contributed by atoms with van der Waals surface area (Å²) in [6.07, 6.45) is 0. The molecule has 0 saturated heterocycles. The average molecular weight is 268 g/mol. The van der Waals surface area contributed by atoms with Gasteiger partial charge in [0.2, 0.25) is 0 Å². The third kappa shape index (κ3) is 1.92. The summed E-state index contributed by atoms with van der Waals surface area (Å²) in [7, 11) is 0. The first kappa shape index (κ1) is 10.6. The van der Waals surface area contributed by atoms with Crippen LogP contribution in [0.1, 0.15) is 25.2 Å². The van der Waals surface area contributed by atoms with Crippen molar-refractivity contribution in [2.75, 3.05) is 0 Å². The Morgan fingerprint density at radius 2 is 2.07 bits per heavy atom. The molecule has 0 aliphatic rings. The number of aromatic amines is 1. The molecule has 0 aliphatic carbocycles. The molecular weight excluding hydrogens is 254 g/mol. The van der Waals surface area contributed by atoms with Crippen LogP contribution in [0.25, 0.3) is 11.0 Å². The first-order chi connectivity index (χ1) is 6.88. The van der Waals surface area contributed by atoms with E-state index in [9.17, 15) is 0 Å². The molecule has 0 spiro atoms. The van der Waals surface area contributed by atoms with Crippen molar-refractivity contribution >= 4 is 27.0 Å². The Hall–Kier alpha value is -0.870. The van der Waals surface area contributed by atoms with E-state index in [1.54, 1.807) is 0 Å². The quantitative estimate of drug-likeness (QED) is 0.835. The molecule has 2 aromatic rings. The molecule has 0 bridgehead atoms. The molecule has 3 nitrogen and oxygen atoms in total. The van der Waals surface area contributed by atoms with Gasteiger partial charge in [0, 0.05) is 4.47 Å². The van der Waals surface area contributed by atoms with Gasteiger partial charge in [-0.2, -0.15) is 0 Å². The number of nitrogens with one attached hydrogen (secondary N) is 1. The summed E-state index contributed by atoms with van der Waals surface area (Å²) in [5.74, 6) is 0.809. The van der Waals surface area contributed by atoms with Crippen LogP contribution in [-0.2, 0) is 5.54 Å². The number of benzene rings is 1. The van der Waals surface area contributed by atoms with Gasteiger partial charge in [0.1, 0.15) is 11.3 Å². The maximum absolute atomic E-state index is 6.00. The Morgan fingerprint density at radius 1 is 1.40 bits per heavy atom.